The molecule has 0 unspecified atom stereocenters. The third-order valence-corrected chi connectivity index (χ3v) is 6.10. The molecule has 142 valence electrons. The zero-order valence-electron chi connectivity index (χ0n) is 15.4. The van der Waals surface area contributed by atoms with Crippen LogP contribution in [0.1, 0.15) is 0 Å². The van der Waals surface area contributed by atoms with E-state index >= 15 is 0 Å². The predicted octanol–water partition coefficient (Wildman–Crippen LogP) is 2.86. The van der Waals surface area contributed by atoms with Gasteiger partial charge >= 0.3 is 0 Å². The Morgan fingerprint density at radius 2 is 1.96 bits per heavy atom. The number of rotatable bonds is 5. The zero-order chi connectivity index (χ0) is 18.8. The maximum Gasteiger partial charge on any atom is 0.199 e. The summed E-state index contributed by atoms with van der Waals surface area (Å²) in [5, 5.41) is 7.90. The number of methoxy groups -OCH3 is 1. The Labute approximate surface area is 167 Å². The van der Waals surface area contributed by atoms with E-state index < -0.39 is 0 Å². The smallest absolute Gasteiger partial charge is 0.199 e. The van der Waals surface area contributed by atoms with Crippen molar-refractivity contribution < 1.29 is 4.74 Å². The summed E-state index contributed by atoms with van der Waals surface area (Å²) in [7, 11) is 3.63. The lowest BCUT2D eigenvalue weighted by Crippen LogP contribution is -2.46. The van der Waals surface area contributed by atoms with Crippen LogP contribution < -0.4 is 9.64 Å². The van der Waals surface area contributed by atoms with Gasteiger partial charge in [-0.25, -0.2) is 9.67 Å². The van der Waals surface area contributed by atoms with Crippen molar-refractivity contribution in [3.63, 3.8) is 0 Å². The van der Waals surface area contributed by atoms with Crippen LogP contribution in [0.4, 0.5) is 5.13 Å². The van der Waals surface area contributed by atoms with E-state index in [2.05, 4.69) is 14.8 Å². The number of aromatic nitrogens is 4. The van der Waals surface area contributed by atoms with Crippen LogP contribution in [-0.4, -0.2) is 57.5 Å². The maximum absolute atomic E-state index is 5.63. The summed E-state index contributed by atoms with van der Waals surface area (Å²) >= 11 is 7.32. The van der Waals surface area contributed by atoms with Crippen LogP contribution in [0.3, 0.4) is 0 Å². The highest BCUT2D eigenvalue weighted by molar-refractivity contribution is 7.71. The first-order valence-electron chi connectivity index (χ1n) is 8.81. The van der Waals surface area contributed by atoms with Crippen molar-refractivity contribution in [2.24, 2.45) is 7.05 Å². The molecule has 27 heavy (non-hydrogen) atoms. The van der Waals surface area contributed by atoms with E-state index in [1.54, 1.807) is 18.4 Å². The Morgan fingerprint density at radius 1 is 1.19 bits per heavy atom. The maximum atomic E-state index is 5.63. The summed E-state index contributed by atoms with van der Waals surface area (Å²) in [4.78, 5) is 9.11. The molecule has 0 aliphatic carbocycles. The molecule has 0 amide bonds. The SMILES string of the molecule is COc1ccccc1-c1nn(CN2CCN(c3nccs3)CC2)c(=S)n1C. The van der Waals surface area contributed by atoms with Crippen LogP contribution in [0.2, 0.25) is 0 Å². The normalized spacial score (nSPS) is 15.3. The van der Waals surface area contributed by atoms with Gasteiger partial charge in [0, 0.05) is 44.8 Å². The molecule has 1 fully saturated rings. The van der Waals surface area contributed by atoms with Crippen LogP contribution in [0, 0.1) is 4.77 Å². The van der Waals surface area contributed by atoms with E-state index in [4.69, 9.17) is 22.1 Å². The lowest BCUT2D eigenvalue weighted by Gasteiger charge is -2.34. The van der Waals surface area contributed by atoms with Gasteiger partial charge in [-0.3, -0.25) is 4.90 Å². The van der Waals surface area contributed by atoms with Crippen LogP contribution in [0.15, 0.2) is 35.8 Å². The zero-order valence-corrected chi connectivity index (χ0v) is 17.0. The molecule has 1 saturated heterocycles. The molecule has 3 aromatic rings. The number of ether oxygens (including phenoxy) is 1. The molecule has 0 atom stereocenters. The number of hydrogen-bond donors (Lipinski definition) is 0. The minimum atomic E-state index is 0.688. The van der Waals surface area contributed by atoms with Gasteiger partial charge in [-0.1, -0.05) is 12.1 Å². The molecule has 1 aliphatic rings. The molecule has 0 spiro atoms. The van der Waals surface area contributed by atoms with Crippen LogP contribution in [0.5, 0.6) is 5.75 Å². The van der Waals surface area contributed by atoms with Crippen molar-refractivity contribution in [2.75, 3.05) is 38.2 Å². The summed E-state index contributed by atoms with van der Waals surface area (Å²) in [6.07, 6.45) is 1.86. The van der Waals surface area contributed by atoms with Gasteiger partial charge in [-0.15, -0.1) is 11.3 Å². The summed E-state index contributed by atoms with van der Waals surface area (Å²) in [5.41, 5.74) is 0.945. The molecule has 0 saturated carbocycles. The van der Waals surface area contributed by atoms with E-state index in [1.165, 1.54) is 0 Å². The van der Waals surface area contributed by atoms with Gasteiger partial charge in [0.2, 0.25) is 0 Å². The van der Waals surface area contributed by atoms with Gasteiger partial charge in [0.25, 0.3) is 0 Å². The van der Waals surface area contributed by atoms with E-state index in [0.717, 1.165) is 48.4 Å². The number of para-hydroxylation sites is 1. The topological polar surface area (TPSA) is 51.4 Å². The summed E-state index contributed by atoms with van der Waals surface area (Å²) < 4.78 is 10.0. The molecule has 0 bridgehead atoms. The molecule has 3 heterocycles. The molecule has 1 aromatic carbocycles. The van der Waals surface area contributed by atoms with Crippen LogP contribution >= 0.6 is 23.6 Å². The van der Waals surface area contributed by atoms with Gasteiger partial charge < -0.3 is 14.2 Å². The number of hydrogen-bond acceptors (Lipinski definition) is 7. The van der Waals surface area contributed by atoms with Crippen molar-refractivity contribution in [3.8, 4) is 17.1 Å². The van der Waals surface area contributed by atoms with Crippen molar-refractivity contribution >= 4 is 28.7 Å². The Hall–Kier alpha value is -2.23. The average Bonchev–Trinajstić information content (AvgIpc) is 3.33. The van der Waals surface area contributed by atoms with E-state index in [-0.39, 0.29) is 0 Å². The average molecular weight is 403 g/mol. The van der Waals surface area contributed by atoms with Crippen LogP contribution in [0.25, 0.3) is 11.4 Å². The highest BCUT2D eigenvalue weighted by Gasteiger charge is 2.20. The van der Waals surface area contributed by atoms with E-state index in [1.807, 2.05) is 52.1 Å². The molecule has 4 rings (SSSR count). The molecule has 0 N–H and O–H groups in total. The Kier molecular flexibility index (Phi) is 5.24. The number of anilines is 1. The molecular weight excluding hydrogens is 380 g/mol. The fraction of sp³-hybridized carbons (Fsp3) is 0.389. The fourth-order valence-electron chi connectivity index (χ4n) is 3.29. The minimum absolute atomic E-state index is 0.688. The summed E-state index contributed by atoms with van der Waals surface area (Å²) in [6, 6.07) is 7.88. The summed E-state index contributed by atoms with van der Waals surface area (Å²) in [6.45, 7) is 4.54. The van der Waals surface area contributed by atoms with Gasteiger partial charge in [-0.05, 0) is 24.4 Å². The Balaban J connectivity index is 1.50. The summed E-state index contributed by atoms with van der Waals surface area (Å²) in [5.74, 6) is 1.61. The monoisotopic (exact) mass is 402 g/mol. The van der Waals surface area contributed by atoms with Crippen molar-refractivity contribution in [1.29, 1.82) is 0 Å². The first-order chi connectivity index (χ1) is 13.2. The van der Waals surface area contributed by atoms with Crippen molar-refractivity contribution in [2.45, 2.75) is 6.67 Å². The first-order valence-corrected chi connectivity index (χ1v) is 10.1. The number of thiazole rings is 1. The second-order valence-electron chi connectivity index (χ2n) is 6.43. The van der Waals surface area contributed by atoms with E-state index in [9.17, 15) is 0 Å². The standard InChI is InChI=1S/C18H22N6OS2/c1-21-16(14-5-3-4-6-15(14)25-2)20-24(18(21)26)13-22-8-10-23(11-9-22)17-19-7-12-27-17/h3-7,12H,8-11,13H2,1-2H3. The lowest BCUT2D eigenvalue weighted by molar-refractivity contribution is 0.194. The lowest BCUT2D eigenvalue weighted by atomic mass is 10.2. The second kappa shape index (κ2) is 7.79. The van der Waals surface area contributed by atoms with E-state index in [0.29, 0.717) is 11.4 Å². The van der Waals surface area contributed by atoms with Crippen molar-refractivity contribution in [3.05, 3.63) is 40.6 Å². The number of benzene rings is 1. The third kappa shape index (κ3) is 3.62. The molecule has 7 nitrogen and oxygen atoms in total. The molecule has 9 heteroatoms. The Bertz CT molecular complexity index is 957. The minimum Gasteiger partial charge on any atom is -0.496 e. The Morgan fingerprint density at radius 3 is 2.67 bits per heavy atom. The predicted molar refractivity (Wildman–Crippen MR) is 110 cm³/mol. The van der Waals surface area contributed by atoms with Crippen molar-refractivity contribution in [1.82, 2.24) is 24.2 Å². The molecule has 0 radical (unpaired) electrons. The first kappa shape index (κ1) is 18.1. The van der Waals surface area contributed by atoms with Crippen LogP contribution in [-0.2, 0) is 13.7 Å². The second-order valence-corrected chi connectivity index (χ2v) is 7.66. The van der Waals surface area contributed by atoms with Gasteiger partial charge in [0.1, 0.15) is 5.75 Å². The van der Waals surface area contributed by atoms with Gasteiger partial charge in [0.15, 0.2) is 15.7 Å². The number of piperazine rings is 1. The molecule has 2 aromatic heterocycles. The fourth-order valence-corrected chi connectivity index (χ4v) is 4.17. The highest BCUT2D eigenvalue weighted by atomic mass is 32.1. The van der Waals surface area contributed by atoms with Gasteiger partial charge in [-0.2, -0.15) is 5.10 Å². The number of nitrogens with zero attached hydrogens (tertiary/aromatic N) is 6. The quantitative estimate of drug-likeness (QED) is 0.612. The third-order valence-electron chi connectivity index (χ3n) is 4.78. The highest BCUT2D eigenvalue weighted by Crippen LogP contribution is 2.28. The molecule has 1 aliphatic heterocycles. The van der Waals surface area contributed by atoms with Gasteiger partial charge in [0.05, 0.1) is 19.3 Å². The molecular formula is C18H22N6OS2. The largest absolute Gasteiger partial charge is 0.496 e.